The maximum Gasteiger partial charge on any atom is 0.220 e. The summed E-state index contributed by atoms with van der Waals surface area (Å²) in [6, 6.07) is 0. The average Bonchev–Trinajstić information content (AvgIpc) is 1.93. The fourth-order valence-corrected chi connectivity index (χ4v) is 0.602. The van der Waals surface area contributed by atoms with Crippen LogP contribution >= 0.6 is 0 Å². The average molecular weight is 154 g/mol. The van der Waals surface area contributed by atoms with Gasteiger partial charge < -0.3 is 10.5 Å². The van der Waals surface area contributed by atoms with Gasteiger partial charge in [0.1, 0.15) is 6.23 Å². The Morgan fingerprint density at radius 1 is 1.45 bits per heavy atom. The SMILES string of the molecule is CC(N)Oc1cnc(N)nc1. The van der Waals surface area contributed by atoms with E-state index in [0.717, 1.165) is 0 Å². The minimum absolute atomic E-state index is 0.224. The van der Waals surface area contributed by atoms with Crippen LogP contribution in [0.4, 0.5) is 5.95 Å². The van der Waals surface area contributed by atoms with Crippen LogP contribution in [0.5, 0.6) is 5.75 Å². The summed E-state index contributed by atoms with van der Waals surface area (Å²) in [4.78, 5) is 7.44. The molecule has 11 heavy (non-hydrogen) atoms. The molecular formula is C6H10N4O. The van der Waals surface area contributed by atoms with Gasteiger partial charge >= 0.3 is 0 Å². The molecule has 1 unspecified atom stereocenters. The highest BCUT2D eigenvalue weighted by atomic mass is 16.5. The second-order valence-corrected chi connectivity index (χ2v) is 2.10. The molecule has 1 aromatic rings. The summed E-state index contributed by atoms with van der Waals surface area (Å²) in [6.45, 7) is 1.72. The van der Waals surface area contributed by atoms with E-state index < -0.39 is 0 Å². The van der Waals surface area contributed by atoms with Gasteiger partial charge in [-0.3, -0.25) is 5.73 Å². The first-order valence-electron chi connectivity index (χ1n) is 3.18. The van der Waals surface area contributed by atoms with Crippen LogP contribution in [-0.4, -0.2) is 16.2 Å². The first kappa shape index (κ1) is 7.74. The van der Waals surface area contributed by atoms with Crippen molar-refractivity contribution in [2.45, 2.75) is 13.2 Å². The van der Waals surface area contributed by atoms with E-state index >= 15 is 0 Å². The van der Waals surface area contributed by atoms with Gasteiger partial charge in [-0.05, 0) is 6.92 Å². The topological polar surface area (TPSA) is 87.0 Å². The second-order valence-electron chi connectivity index (χ2n) is 2.10. The molecule has 60 valence electrons. The maximum atomic E-state index is 5.35. The van der Waals surface area contributed by atoms with Crippen molar-refractivity contribution in [2.24, 2.45) is 5.73 Å². The number of nitrogens with two attached hydrogens (primary N) is 2. The summed E-state index contributed by atoms with van der Waals surface area (Å²) in [7, 11) is 0. The molecule has 1 aromatic heterocycles. The number of hydrogen-bond donors (Lipinski definition) is 2. The molecule has 0 bridgehead atoms. The third kappa shape index (κ3) is 2.38. The molecule has 1 rings (SSSR count). The number of nitrogen functional groups attached to an aromatic ring is 1. The minimum Gasteiger partial charge on any atom is -0.473 e. The van der Waals surface area contributed by atoms with Crippen molar-refractivity contribution in [3.63, 3.8) is 0 Å². The van der Waals surface area contributed by atoms with Gasteiger partial charge in [0, 0.05) is 0 Å². The van der Waals surface area contributed by atoms with E-state index in [1.165, 1.54) is 12.4 Å². The lowest BCUT2D eigenvalue weighted by atomic mass is 10.6. The van der Waals surface area contributed by atoms with Gasteiger partial charge in [0.25, 0.3) is 0 Å². The number of aromatic nitrogens is 2. The van der Waals surface area contributed by atoms with E-state index in [2.05, 4.69) is 9.97 Å². The lowest BCUT2D eigenvalue weighted by molar-refractivity contribution is 0.228. The molecule has 0 amide bonds. The molecule has 0 aromatic carbocycles. The van der Waals surface area contributed by atoms with Crippen molar-refractivity contribution in [2.75, 3.05) is 5.73 Å². The van der Waals surface area contributed by atoms with Crippen LogP contribution in [0, 0.1) is 0 Å². The zero-order valence-electron chi connectivity index (χ0n) is 6.19. The van der Waals surface area contributed by atoms with Gasteiger partial charge in [-0.15, -0.1) is 0 Å². The fourth-order valence-electron chi connectivity index (χ4n) is 0.602. The van der Waals surface area contributed by atoms with Crippen molar-refractivity contribution in [1.29, 1.82) is 0 Å². The Kier molecular flexibility index (Phi) is 2.22. The normalized spacial score (nSPS) is 12.5. The molecule has 0 aliphatic carbocycles. The van der Waals surface area contributed by atoms with Crippen LogP contribution < -0.4 is 16.2 Å². The van der Waals surface area contributed by atoms with E-state index in [1.54, 1.807) is 6.92 Å². The molecule has 5 heteroatoms. The zero-order valence-corrected chi connectivity index (χ0v) is 6.19. The second kappa shape index (κ2) is 3.16. The predicted octanol–water partition coefficient (Wildman–Crippen LogP) is -0.258. The van der Waals surface area contributed by atoms with Crippen LogP contribution in [-0.2, 0) is 0 Å². The Morgan fingerprint density at radius 3 is 2.45 bits per heavy atom. The van der Waals surface area contributed by atoms with E-state index in [-0.39, 0.29) is 12.2 Å². The summed E-state index contributed by atoms with van der Waals surface area (Å²) >= 11 is 0. The molecule has 0 saturated carbocycles. The van der Waals surface area contributed by atoms with Gasteiger partial charge in [0.05, 0.1) is 12.4 Å². The Morgan fingerprint density at radius 2 is 2.00 bits per heavy atom. The number of rotatable bonds is 2. The Labute approximate surface area is 64.4 Å². The Balaban J connectivity index is 2.66. The summed E-state index contributed by atoms with van der Waals surface area (Å²) in [5.41, 5.74) is 10.6. The van der Waals surface area contributed by atoms with Gasteiger partial charge in [-0.2, -0.15) is 0 Å². The third-order valence-electron chi connectivity index (χ3n) is 0.970. The predicted molar refractivity (Wildman–Crippen MR) is 40.7 cm³/mol. The van der Waals surface area contributed by atoms with Crippen LogP contribution in [0.1, 0.15) is 6.92 Å². The van der Waals surface area contributed by atoms with E-state index in [9.17, 15) is 0 Å². The van der Waals surface area contributed by atoms with Crippen LogP contribution in [0.3, 0.4) is 0 Å². The smallest absolute Gasteiger partial charge is 0.220 e. The molecular weight excluding hydrogens is 144 g/mol. The molecule has 0 fully saturated rings. The summed E-state index contributed by atoms with van der Waals surface area (Å²) in [6.07, 6.45) is 2.60. The van der Waals surface area contributed by atoms with E-state index in [1.807, 2.05) is 0 Å². The van der Waals surface area contributed by atoms with E-state index in [4.69, 9.17) is 16.2 Å². The quantitative estimate of drug-likeness (QED) is 0.573. The first-order chi connectivity index (χ1) is 5.18. The largest absolute Gasteiger partial charge is 0.473 e. The highest BCUT2D eigenvalue weighted by Crippen LogP contribution is 2.06. The molecule has 0 saturated heterocycles. The minimum atomic E-state index is -0.359. The van der Waals surface area contributed by atoms with Gasteiger partial charge in [0.2, 0.25) is 5.95 Å². The summed E-state index contributed by atoms with van der Waals surface area (Å²) in [5, 5.41) is 0. The van der Waals surface area contributed by atoms with Gasteiger partial charge in [0.15, 0.2) is 5.75 Å². The molecule has 0 radical (unpaired) electrons. The Bertz CT molecular complexity index is 221. The standard InChI is InChI=1S/C6H10N4O/c1-4(7)11-5-2-9-6(8)10-3-5/h2-4H,7H2,1H3,(H2,8,9,10). The monoisotopic (exact) mass is 154 g/mol. The van der Waals surface area contributed by atoms with Crippen molar-refractivity contribution in [3.05, 3.63) is 12.4 Å². The van der Waals surface area contributed by atoms with Crippen molar-refractivity contribution >= 4 is 5.95 Å². The van der Waals surface area contributed by atoms with Crippen molar-refractivity contribution in [1.82, 2.24) is 9.97 Å². The summed E-state index contributed by atoms with van der Waals surface area (Å²) < 4.78 is 5.07. The van der Waals surface area contributed by atoms with Crippen LogP contribution in [0.25, 0.3) is 0 Å². The molecule has 0 aliphatic heterocycles. The lowest BCUT2D eigenvalue weighted by Crippen LogP contribution is -2.22. The highest BCUT2D eigenvalue weighted by Gasteiger charge is 1.97. The Hall–Kier alpha value is -1.36. The molecule has 1 atom stereocenters. The summed E-state index contributed by atoms with van der Waals surface area (Å²) in [5.74, 6) is 0.747. The van der Waals surface area contributed by atoms with Crippen molar-refractivity contribution < 1.29 is 4.74 Å². The number of nitrogens with zero attached hydrogens (tertiary/aromatic N) is 2. The molecule has 1 heterocycles. The molecule has 4 N–H and O–H groups in total. The highest BCUT2D eigenvalue weighted by molar-refractivity contribution is 5.21. The van der Waals surface area contributed by atoms with Gasteiger partial charge in [-0.25, -0.2) is 9.97 Å². The van der Waals surface area contributed by atoms with Crippen LogP contribution in [0.15, 0.2) is 12.4 Å². The zero-order chi connectivity index (χ0) is 8.27. The number of anilines is 1. The van der Waals surface area contributed by atoms with Crippen LogP contribution in [0.2, 0.25) is 0 Å². The number of hydrogen-bond acceptors (Lipinski definition) is 5. The van der Waals surface area contributed by atoms with Crippen molar-refractivity contribution in [3.8, 4) is 5.75 Å². The molecule has 0 spiro atoms. The van der Waals surface area contributed by atoms with Gasteiger partial charge in [-0.1, -0.05) is 0 Å². The maximum absolute atomic E-state index is 5.35. The lowest BCUT2D eigenvalue weighted by Gasteiger charge is -2.07. The first-order valence-corrected chi connectivity index (χ1v) is 3.18. The third-order valence-corrected chi connectivity index (χ3v) is 0.970. The molecule has 5 nitrogen and oxygen atoms in total. The van der Waals surface area contributed by atoms with E-state index in [0.29, 0.717) is 5.75 Å². The number of ether oxygens (including phenoxy) is 1. The molecule has 0 aliphatic rings. The fraction of sp³-hybridized carbons (Fsp3) is 0.333.